The van der Waals surface area contributed by atoms with Crippen molar-refractivity contribution >= 4 is 46.3 Å². The number of non-ortho nitro benzene ring substituents is 1. The minimum Gasteiger partial charge on any atom is -0.376 e. The molecule has 6 nitrogen and oxygen atoms in total. The Labute approximate surface area is 148 Å². The van der Waals surface area contributed by atoms with Gasteiger partial charge < -0.3 is 10.2 Å². The number of anilines is 2. The first-order valence-electron chi connectivity index (χ1n) is 7.01. The number of hydrogen-bond acceptors (Lipinski definition) is 5. The summed E-state index contributed by atoms with van der Waals surface area (Å²) in [5, 5.41) is 14.0. The van der Waals surface area contributed by atoms with Crippen molar-refractivity contribution in [2.45, 2.75) is 4.90 Å². The second-order valence-corrected chi connectivity index (χ2v) is 6.63. The molecule has 0 saturated carbocycles. The number of benzene rings is 2. The van der Waals surface area contributed by atoms with Crippen molar-refractivity contribution in [1.82, 2.24) is 0 Å². The van der Waals surface area contributed by atoms with Crippen LogP contribution < -0.4 is 10.2 Å². The van der Waals surface area contributed by atoms with Crippen LogP contribution in [0.15, 0.2) is 47.4 Å². The first kappa shape index (κ1) is 18.1. The molecule has 0 aliphatic rings. The summed E-state index contributed by atoms with van der Waals surface area (Å²) >= 11 is 7.29. The lowest BCUT2D eigenvalue weighted by Gasteiger charge is -2.18. The summed E-state index contributed by atoms with van der Waals surface area (Å²) in [5.74, 6) is 0.0145. The Morgan fingerprint density at radius 3 is 2.50 bits per heavy atom. The van der Waals surface area contributed by atoms with Crippen LogP contribution in [0.25, 0.3) is 0 Å². The van der Waals surface area contributed by atoms with E-state index in [1.54, 1.807) is 24.3 Å². The zero-order valence-corrected chi connectivity index (χ0v) is 14.7. The van der Waals surface area contributed by atoms with Crippen molar-refractivity contribution in [2.75, 3.05) is 30.1 Å². The van der Waals surface area contributed by atoms with Crippen LogP contribution in [-0.2, 0) is 4.79 Å². The minimum atomic E-state index is -0.455. The Balaban J connectivity index is 1.98. The van der Waals surface area contributed by atoms with Crippen molar-refractivity contribution in [2.24, 2.45) is 0 Å². The maximum absolute atomic E-state index is 12.1. The molecule has 2 rings (SSSR count). The summed E-state index contributed by atoms with van der Waals surface area (Å²) in [6.07, 6.45) is 0. The van der Waals surface area contributed by atoms with E-state index in [0.29, 0.717) is 10.7 Å². The Kier molecular flexibility index (Phi) is 6.05. The normalized spacial score (nSPS) is 10.3. The number of carbonyl (C=O) groups excluding carboxylic acids is 1. The van der Waals surface area contributed by atoms with Gasteiger partial charge in [-0.15, -0.1) is 11.8 Å². The molecular formula is C16H16ClN3O3S. The van der Waals surface area contributed by atoms with E-state index >= 15 is 0 Å². The van der Waals surface area contributed by atoms with Gasteiger partial charge in [-0.05, 0) is 30.3 Å². The molecule has 0 radical (unpaired) electrons. The molecule has 0 aliphatic carbocycles. The number of hydrogen-bond donors (Lipinski definition) is 1. The summed E-state index contributed by atoms with van der Waals surface area (Å²) in [4.78, 5) is 25.0. The largest absolute Gasteiger partial charge is 0.376 e. The van der Waals surface area contributed by atoms with Crippen molar-refractivity contribution in [3.05, 3.63) is 57.6 Å². The lowest BCUT2D eigenvalue weighted by atomic mass is 10.2. The number of thioether (sulfide) groups is 1. The third-order valence-corrected chi connectivity index (χ3v) is 4.38. The van der Waals surface area contributed by atoms with Gasteiger partial charge in [0.15, 0.2) is 0 Å². The molecule has 0 spiro atoms. The Bertz CT molecular complexity index is 751. The Morgan fingerprint density at radius 1 is 1.25 bits per heavy atom. The smallest absolute Gasteiger partial charge is 0.269 e. The fourth-order valence-electron chi connectivity index (χ4n) is 2.00. The second-order valence-electron chi connectivity index (χ2n) is 5.14. The molecule has 2 aromatic rings. The SMILES string of the molecule is CN(C)c1ccc(Cl)cc1NC(=O)CSc1ccc([N+](=O)[O-])cc1. The van der Waals surface area contributed by atoms with Gasteiger partial charge in [0.25, 0.3) is 5.69 Å². The van der Waals surface area contributed by atoms with Gasteiger partial charge in [-0.2, -0.15) is 0 Å². The topological polar surface area (TPSA) is 75.5 Å². The van der Waals surface area contributed by atoms with Gasteiger partial charge in [-0.3, -0.25) is 14.9 Å². The average Bonchev–Trinajstić information content (AvgIpc) is 2.53. The van der Waals surface area contributed by atoms with Crippen molar-refractivity contribution < 1.29 is 9.72 Å². The highest BCUT2D eigenvalue weighted by molar-refractivity contribution is 8.00. The molecule has 0 aromatic heterocycles. The van der Waals surface area contributed by atoms with E-state index in [1.165, 1.54) is 23.9 Å². The summed E-state index contributed by atoms with van der Waals surface area (Å²) < 4.78 is 0. The summed E-state index contributed by atoms with van der Waals surface area (Å²) in [7, 11) is 3.76. The second kappa shape index (κ2) is 8.03. The maximum Gasteiger partial charge on any atom is 0.269 e. The molecule has 0 atom stereocenters. The quantitative estimate of drug-likeness (QED) is 0.475. The lowest BCUT2D eigenvalue weighted by molar-refractivity contribution is -0.384. The van der Waals surface area contributed by atoms with Gasteiger partial charge in [-0.1, -0.05) is 11.6 Å². The lowest BCUT2D eigenvalue weighted by Crippen LogP contribution is -2.18. The molecule has 24 heavy (non-hydrogen) atoms. The molecule has 0 saturated heterocycles. The van der Waals surface area contributed by atoms with Crippen molar-refractivity contribution in [1.29, 1.82) is 0 Å². The molecular weight excluding hydrogens is 350 g/mol. The van der Waals surface area contributed by atoms with Gasteiger partial charge in [0, 0.05) is 36.1 Å². The van der Waals surface area contributed by atoms with E-state index in [-0.39, 0.29) is 17.3 Å². The molecule has 0 heterocycles. The van der Waals surface area contributed by atoms with Gasteiger partial charge in [-0.25, -0.2) is 0 Å². The molecule has 0 unspecified atom stereocenters. The number of amides is 1. The van der Waals surface area contributed by atoms with Gasteiger partial charge in [0.2, 0.25) is 5.91 Å². The van der Waals surface area contributed by atoms with Crippen LogP contribution in [0.5, 0.6) is 0 Å². The molecule has 0 aliphatic heterocycles. The summed E-state index contributed by atoms with van der Waals surface area (Å²) in [5.41, 5.74) is 1.52. The third kappa shape index (κ3) is 4.87. The molecule has 126 valence electrons. The van der Waals surface area contributed by atoms with Crippen LogP contribution in [0.2, 0.25) is 5.02 Å². The van der Waals surface area contributed by atoms with Crippen LogP contribution in [0.1, 0.15) is 0 Å². The molecule has 1 amide bonds. The number of nitro benzene ring substituents is 1. The number of nitrogens with one attached hydrogen (secondary N) is 1. The first-order chi connectivity index (χ1) is 11.4. The van der Waals surface area contributed by atoms with Crippen LogP contribution in [0.3, 0.4) is 0 Å². The number of halogens is 1. The first-order valence-corrected chi connectivity index (χ1v) is 8.37. The highest BCUT2D eigenvalue weighted by Crippen LogP contribution is 2.28. The van der Waals surface area contributed by atoms with Crippen molar-refractivity contribution in [3.8, 4) is 0 Å². The Hall–Kier alpha value is -2.25. The zero-order valence-electron chi connectivity index (χ0n) is 13.2. The average molecular weight is 366 g/mol. The predicted molar refractivity (Wildman–Crippen MR) is 98.2 cm³/mol. The fraction of sp³-hybridized carbons (Fsp3) is 0.188. The van der Waals surface area contributed by atoms with Gasteiger partial charge in [0.05, 0.1) is 22.1 Å². The standard InChI is InChI=1S/C16H16ClN3O3S/c1-19(2)15-8-3-11(17)9-14(15)18-16(21)10-24-13-6-4-12(5-7-13)20(22)23/h3-9H,10H2,1-2H3,(H,18,21). The van der Waals surface area contributed by atoms with E-state index in [2.05, 4.69) is 5.32 Å². The molecule has 2 aromatic carbocycles. The van der Waals surface area contributed by atoms with Crippen LogP contribution in [0, 0.1) is 10.1 Å². The van der Waals surface area contributed by atoms with Crippen LogP contribution in [0.4, 0.5) is 17.1 Å². The zero-order chi connectivity index (χ0) is 17.7. The number of nitrogens with zero attached hydrogens (tertiary/aromatic N) is 2. The predicted octanol–water partition coefficient (Wildman–Crippen LogP) is 4.05. The minimum absolute atomic E-state index is 0.0263. The van der Waals surface area contributed by atoms with Crippen LogP contribution in [-0.4, -0.2) is 30.7 Å². The highest BCUT2D eigenvalue weighted by atomic mass is 35.5. The number of nitro groups is 1. The van der Waals surface area contributed by atoms with Gasteiger partial charge in [0.1, 0.15) is 0 Å². The van der Waals surface area contributed by atoms with E-state index in [9.17, 15) is 14.9 Å². The molecule has 0 fully saturated rings. The van der Waals surface area contributed by atoms with E-state index in [1.807, 2.05) is 25.1 Å². The highest BCUT2D eigenvalue weighted by Gasteiger charge is 2.10. The van der Waals surface area contributed by atoms with E-state index in [0.717, 1.165) is 10.6 Å². The van der Waals surface area contributed by atoms with E-state index in [4.69, 9.17) is 11.6 Å². The summed E-state index contributed by atoms with van der Waals surface area (Å²) in [6, 6.07) is 11.4. The molecule has 0 bridgehead atoms. The van der Waals surface area contributed by atoms with Gasteiger partial charge >= 0.3 is 0 Å². The molecule has 8 heteroatoms. The monoisotopic (exact) mass is 365 g/mol. The van der Waals surface area contributed by atoms with Crippen molar-refractivity contribution in [3.63, 3.8) is 0 Å². The number of carbonyl (C=O) groups is 1. The number of rotatable bonds is 6. The maximum atomic E-state index is 12.1. The fourth-order valence-corrected chi connectivity index (χ4v) is 2.87. The Morgan fingerprint density at radius 2 is 1.92 bits per heavy atom. The summed E-state index contributed by atoms with van der Waals surface area (Å²) in [6.45, 7) is 0. The van der Waals surface area contributed by atoms with Crippen LogP contribution >= 0.6 is 23.4 Å². The van der Waals surface area contributed by atoms with E-state index < -0.39 is 4.92 Å². The molecule has 1 N–H and O–H groups in total. The third-order valence-electron chi connectivity index (χ3n) is 3.13.